The van der Waals surface area contributed by atoms with Gasteiger partial charge in [0.2, 0.25) is 5.28 Å². The molecular weight excluding hydrogens is 438 g/mol. The number of nitrogens with zero attached hydrogens (tertiary/aromatic N) is 3. The SMILES string of the molecule is N[C@@H](CCOC(F)F)Cc1c(F)c2c(NCc3cccs3)nc(Cl)nn2c1Cl. The van der Waals surface area contributed by atoms with Crippen LogP contribution < -0.4 is 11.1 Å². The van der Waals surface area contributed by atoms with Gasteiger partial charge >= 0.3 is 6.61 Å². The molecule has 3 heterocycles. The number of thiophene rings is 1. The summed E-state index contributed by atoms with van der Waals surface area (Å²) in [6.07, 6.45) is 0.130. The van der Waals surface area contributed by atoms with E-state index in [2.05, 4.69) is 20.1 Å². The monoisotopic (exact) mass is 453 g/mol. The first-order valence-electron chi connectivity index (χ1n) is 8.20. The highest BCUT2D eigenvalue weighted by Gasteiger charge is 2.24. The first-order chi connectivity index (χ1) is 13.4. The van der Waals surface area contributed by atoms with E-state index in [1.807, 2.05) is 17.5 Å². The van der Waals surface area contributed by atoms with Gasteiger partial charge in [0.15, 0.2) is 11.6 Å². The van der Waals surface area contributed by atoms with Crippen molar-refractivity contribution in [2.75, 3.05) is 11.9 Å². The largest absolute Gasteiger partial charge is 0.363 e. The molecule has 3 rings (SSSR count). The first kappa shape index (κ1) is 21.1. The van der Waals surface area contributed by atoms with Gasteiger partial charge < -0.3 is 15.8 Å². The van der Waals surface area contributed by atoms with Crippen LogP contribution in [-0.4, -0.2) is 33.9 Å². The summed E-state index contributed by atoms with van der Waals surface area (Å²) in [4.78, 5) is 5.08. The summed E-state index contributed by atoms with van der Waals surface area (Å²) in [5.74, 6) is -0.450. The van der Waals surface area contributed by atoms with Crippen LogP contribution in [-0.2, 0) is 17.7 Å². The number of nitrogens with two attached hydrogens (primary N) is 1. The number of fused-ring (bicyclic) bond motifs is 1. The number of hydrogen-bond donors (Lipinski definition) is 2. The quantitative estimate of drug-likeness (QED) is 0.503. The summed E-state index contributed by atoms with van der Waals surface area (Å²) in [6.45, 7) is -2.70. The van der Waals surface area contributed by atoms with Crippen molar-refractivity contribution in [1.82, 2.24) is 14.6 Å². The smallest absolute Gasteiger partial charge is 0.345 e. The Bertz CT molecular complexity index is 938. The van der Waals surface area contributed by atoms with Crippen LogP contribution in [0.2, 0.25) is 10.4 Å². The van der Waals surface area contributed by atoms with Crippen molar-refractivity contribution in [3.63, 3.8) is 0 Å². The van der Waals surface area contributed by atoms with E-state index in [9.17, 15) is 8.78 Å². The summed E-state index contributed by atoms with van der Waals surface area (Å²) in [5, 5.41) is 8.80. The number of alkyl halides is 2. The zero-order chi connectivity index (χ0) is 20.3. The van der Waals surface area contributed by atoms with E-state index in [0.717, 1.165) is 9.39 Å². The van der Waals surface area contributed by atoms with Crippen LogP contribution in [0.4, 0.5) is 19.0 Å². The highest BCUT2D eigenvalue weighted by atomic mass is 35.5. The Balaban J connectivity index is 1.85. The molecule has 6 nitrogen and oxygen atoms in total. The fourth-order valence-electron chi connectivity index (χ4n) is 2.65. The van der Waals surface area contributed by atoms with Gasteiger partial charge in [-0.25, -0.2) is 8.91 Å². The summed E-state index contributed by atoms with van der Waals surface area (Å²) in [7, 11) is 0. The molecule has 0 amide bonds. The Labute approximate surface area is 172 Å². The van der Waals surface area contributed by atoms with Gasteiger partial charge in [0, 0.05) is 16.5 Å². The lowest BCUT2D eigenvalue weighted by atomic mass is 10.1. The highest BCUT2D eigenvalue weighted by molar-refractivity contribution is 7.09. The molecule has 0 unspecified atom stereocenters. The third-order valence-electron chi connectivity index (χ3n) is 3.94. The second-order valence-corrected chi connectivity index (χ2v) is 7.62. The van der Waals surface area contributed by atoms with Gasteiger partial charge in [-0.05, 0) is 35.9 Å². The van der Waals surface area contributed by atoms with Crippen LogP contribution in [0.25, 0.3) is 5.52 Å². The Morgan fingerprint density at radius 3 is 2.82 bits per heavy atom. The molecule has 0 spiro atoms. The summed E-state index contributed by atoms with van der Waals surface area (Å²) >= 11 is 13.8. The van der Waals surface area contributed by atoms with E-state index in [-0.39, 0.29) is 46.8 Å². The molecule has 0 saturated heterocycles. The average molecular weight is 454 g/mol. The Hall–Kier alpha value is -1.59. The number of hydrogen-bond acceptors (Lipinski definition) is 6. The zero-order valence-corrected chi connectivity index (χ0v) is 16.7. The first-order valence-corrected chi connectivity index (χ1v) is 9.84. The standard InChI is InChI=1S/C16H16Cl2F3N5OS/c17-13-10(6-8(22)3-4-27-16(20)21)11(19)12-14(24-15(18)25-26(12)13)23-7-9-2-1-5-28-9/h1-2,5,8,16H,3-4,6-7,22H2,(H,23,24,25)/t8-/m0/s1. The minimum absolute atomic E-state index is 0.00111. The second kappa shape index (κ2) is 9.27. The molecule has 28 heavy (non-hydrogen) atoms. The highest BCUT2D eigenvalue weighted by Crippen LogP contribution is 2.31. The maximum absolute atomic E-state index is 15.1. The van der Waals surface area contributed by atoms with Crippen molar-refractivity contribution in [2.45, 2.75) is 32.0 Å². The third kappa shape index (κ3) is 4.87. The predicted octanol–water partition coefficient (Wildman–Crippen LogP) is 4.35. The number of nitrogens with one attached hydrogen (secondary N) is 1. The number of rotatable bonds is 9. The van der Waals surface area contributed by atoms with E-state index < -0.39 is 18.5 Å². The minimum atomic E-state index is -2.88. The molecule has 0 aliphatic rings. The molecule has 0 radical (unpaired) electrons. The zero-order valence-electron chi connectivity index (χ0n) is 14.3. The van der Waals surface area contributed by atoms with Crippen molar-refractivity contribution < 1.29 is 17.9 Å². The van der Waals surface area contributed by atoms with Gasteiger partial charge in [-0.3, -0.25) is 0 Å². The fraction of sp³-hybridized carbons (Fsp3) is 0.375. The Morgan fingerprint density at radius 2 is 2.14 bits per heavy atom. The molecule has 152 valence electrons. The topological polar surface area (TPSA) is 77.5 Å². The lowest BCUT2D eigenvalue weighted by Gasteiger charge is -2.11. The molecule has 0 fully saturated rings. The van der Waals surface area contributed by atoms with Gasteiger partial charge in [0.1, 0.15) is 10.7 Å². The van der Waals surface area contributed by atoms with Gasteiger partial charge in [0.05, 0.1) is 13.2 Å². The van der Waals surface area contributed by atoms with Gasteiger partial charge in [-0.15, -0.1) is 16.4 Å². The number of halogens is 5. The second-order valence-electron chi connectivity index (χ2n) is 5.89. The Kier molecular flexibility index (Phi) is 7.00. The van der Waals surface area contributed by atoms with Crippen LogP contribution in [0.1, 0.15) is 16.9 Å². The van der Waals surface area contributed by atoms with Gasteiger partial charge in [0.25, 0.3) is 0 Å². The van der Waals surface area contributed by atoms with Crippen molar-refractivity contribution >= 4 is 45.9 Å². The van der Waals surface area contributed by atoms with Crippen LogP contribution >= 0.6 is 34.5 Å². The van der Waals surface area contributed by atoms with E-state index in [0.29, 0.717) is 6.54 Å². The van der Waals surface area contributed by atoms with Crippen molar-refractivity contribution in [3.05, 3.63) is 44.2 Å². The lowest BCUT2D eigenvalue weighted by Crippen LogP contribution is -2.25. The number of aromatic nitrogens is 3. The molecule has 1 atom stereocenters. The van der Waals surface area contributed by atoms with E-state index in [4.69, 9.17) is 28.9 Å². The molecular formula is C16H16Cl2F3N5OS. The third-order valence-corrected chi connectivity index (χ3v) is 5.36. The normalized spacial score (nSPS) is 12.8. The number of anilines is 1. The van der Waals surface area contributed by atoms with E-state index in [1.54, 1.807) is 0 Å². The lowest BCUT2D eigenvalue weighted by molar-refractivity contribution is -0.129. The molecule has 3 N–H and O–H groups in total. The molecule has 12 heteroatoms. The molecule has 0 aromatic carbocycles. The summed E-state index contributed by atoms with van der Waals surface area (Å²) < 4.78 is 44.5. The van der Waals surface area contributed by atoms with Crippen LogP contribution in [0.15, 0.2) is 17.5 Å². The molecule has 0 aliphatic heterocycles. The van der Waals surface area contributed by atoms with Crippen molar-refractivity contribution in [3.8, 4) is 0 Å². The van der Waals surface area contributed by atoms with Crippen LogP contribution in [0.5, 0.6) is 0 Å². The average Bonchev–Trinajstić information content (AvgIpc) is 3.23. The van der Waals surface area contributed by atoms with Gasteiger partial charge in [-0.2, -0.15) is 13.8 Å². The van der Waals surface area contributed by atoms with Crippen LogP contribution in [0.3, 0.4) is 0 Å². The summed E-state index contributed by atoms with van der Waals surface area (Å²) in [5.41, 5.74) is 6.06. The fourth-order valence-corrected chi connectivity index (χ4v) is 3.74. The van der Waals surface area contributed by atoms with Crippen LogP contribution in [0, 0.1) is 5.82 Å². The molecule has 3 aromatic heterocycles. The van der Waals surface area contributed by atoms with Crippen molar-refractivity contribution in [1.29, 1.82) is 0 Å². The molecule has 0 saturated carbocycles. The Morgan fingerprint density at radius 1 is 1.36 bits per heavy atom. The van der Waals surface area contributed by atoms with Gasteiger partial charge in [-0.1, -0.05) is 17.7 Å². The minimum Gasteiger partial charge on any atom is -0.363 e. The maximum atomic E-state index is 15.1. The molecule has 0 bridgehead atoms. The van der Waals surface area contributed by atoms with Crippen molar-refractivity contribution in [2.24, 2.45) is 5.73 Å². The van der Waals surface area contributed by atoms with E-state index >= 15 is 4.39 Å². The molecule has 3 aromatic rings. The summed E-state index contributed by atoms with van der Waals surface area (Å²) in [6, 6.07) is 3.19. The molecule has 0 aliphatic carbocycles. The number of ether oxygens (including phenoxy) is 1. The maximum Gasteiger partial charge on any atom is 0.345 e. The predicted molar refractivity (Wildman–Crippen MR) is 103 cm³/mol. The van der Waals surface area contributed by atoms with E-state index in [1.165, 1.54) is 11.3 Å².